The summed E-state index contributed by atoms with van der Waals surface area (Å²) in [5, 5.41) is 0.838. The van der Waals surface area contributed by atoms with Crippen LogP contribution >= 0.6 is 0 Å². The number of anilines is 1. The van der Waals surface area contributed by atoms with Gasteiger partial charge < -0.3 is 14.8 Å². The minimum atomic E-state index is -0.479. The number of halogens is 1. The first kappa shape index (κ1) is 18.2. The number of nitrogens with zero attached hydrogens (tertiary/aromatic N) is 2. The molecule has 3 aromatic rings. The summed E-state index contributed by atoms with van der Waals surface area (Å²) in [4.78, 5) is 21.1. The third-order valence-electron chi connectivity index (χ3n) is 6.80. The molecule has 1 amide bonds. The molecule has 4 nitrogen and oxygen atoms in total. The Labute approximate surface area is 170 Å². The fourth-order valence-electron chi connectivity index (χ4n) is 4.74. The molecular formula is C24H26FN3O. The molecule has 1 saturated heterocycles. The molecule has 2 aromatic carbocycles. The minimum absolute atomic E-state index is 0.197. The number of carbonyl (C=O) groups is 1. The predicted octanol–water partition coefficient (Wildman–Crippen LogP) is 4.30. The van der Waals surface area contributed by atoms with Crippen LogP contribution in [0.3, 0.4) is 0 Å². The Hall–Kier alpha value is -2.82. The highest BCUT2D eigenvalue weighted by atomic mass is 19.1. The van der Waals surface area contributed by atoms with Crippen molar-refractivity contribution in [2.75, 3.05) is 31.1 Å². The van der Waals surface area contributed by atoms with Gasteiger partial charge in [0.1, 0.15) is 5.82 Å². The number of aromatic amines is 1. The van der Waals surface area contributed by atoms with E-state index in [1.54, 1.807) is 12.1 Å². The van der Waals surface area contributed by atoms with Crippen LogP contribution < -0.4 is 4.90 Å². The highest BCUT2D eigenvalue weighted by Crippen LogP contribution is 2.52. The van der Waals surface area contributed by atoms with E-state index in [1.807, 2.05) is 11.1 Å². The van der Waals surface area contributed by atoms with Crippen molar-refractivity contribution in [3.05, 3.63) is 65.1 Å². The molecule has 0 bridgehead atoms. The van der Waals surface area contributed by atoms with Crippen molar-refractivity contribution in [2.45, 2.75) is 32.1 Å². The van der Waals surface area contributed by atoms with Gasteiger partial charge in [0.2, 0.25) is 5.91 Å². The maximum absolute atomic E-state index is 13.8. The zero-order chi connectivity index (χ0) is 20.2. The Morgan fingerprint density at radius 2 is 1.83 bits per heavy atom. The van der Waals surface area contributed by atoms with E-state index in [1.165, 1.54) is 22.9 Å². The van der Waals surface area contributed by atoms with Gasteiger partial charge in [-0.2, -0.15) is 0 Å². The molecule has 5 rings (SSSR count). The van der Waals surface area contributed by atoms with Gasteiger partial charge >= 0.3 is 0 Å². The van der Waals surface area contributed by atoms with E-state index in [9.17, 15) is 9.18 Å². The van der Waals surface area contributed by atoms with Crippen molar-refractivity contribution in [2.24, 2.45) is 0 Å². The molecule has 1 N–H and O–H groups in total. The number of amides is 1. The summed E-state index contributed by atoms with van der Waals surface area (Å²) in [6.45, 7) is 7.44. The van der Waals surface area contributed by atoms with E-state index in [0.29, 0.717) is 0 Å². The molecule has 1 saturated carbocycles. The van der Waals surface area contributed by atoms with Crippen molar-refractivity contribution >= 4 is 22.5 Å². The van der Waals surface area contributed by atoms with E-state index in [4.69, 9.17) is 0 Å². The highest BCUT2D eigenvalue weighted by Gasteiger charge is 2.54. The van der Waals surface area contributed by atoms with Crippen LogP contribution in [0, 0.1) is 19.7 Å². The standard InChI is InChI=1S/C24H26FN3O/c1-16-4-3-5-22(17(16)2)27-10-12-28(13-11-27)23(29)24(8-9-24)20-15-26-21-7-6-18(25)14-19(20)21/h3-7,14-15,26H,8-13H2,1-2H3. The number of hydrogen-bond acceptors (Lipinski definition) is 2. The Morgan fingerprint density at radius 1 is 1.07 bits per heavy atom. The first-order valence-corrected chi connectivity index (χ1v) is 10.4. The molecule has 150 valence electrons. The average molecular weight is 391 g/mol. The molecule has 1 aromatic heterocycles. The molecule has 2 heterocycles. The second-order valence-electron chi connectivity index (χ2n) is 8.47. The fraction of sp³-hybridized carbons (Fsp3) is 0.375. The Kier molecular flexibility index (Phi) is 4.16. The zero-order valence-electron chi connectivity index (χ0n) is 17.0. The van der Waals surface area contributed by atoms with Crippen LogP contribution in [-0.2, 0) is 10.2 Å². The molecular weight excluding hydrogens is 365 g/mol. The molecule has 29 heavy (non-hydrogen) atoms. The van der Waals surface area contributed by atoms with Crippen molar-refractivity contribution < 1.29 is 9.18 Å². The summed E-state index contributed by atoms with van der Waals surface area (Å²) in [6.07, 6.45) is 3.58. The fourth-order valence-corrected chi connectivity index (χ4v) is 4.74. The molecule has 2 fully saturated rings. The van der Waals surface area contributed by atoms with Crippen molar-refractivity contribution in [1.29, 1.82) is 0 Å². The second kappa shape index (κ2) is 6.61. The van der Waals surface area contributed by atoms with Gasteiger partial charge in [-0.15, -0.1) is 0 Å². The van der Waals surface area contributed by atoms with Crippen molar-refractivity contribution in [1.82, 2.24) is 9.88 Å². The number of H-pyrrole nitrogens is 1. The van der Waals surface area contributed by atoms with Crippen LogP contribution in [0.5, 0.6) is 0 Å². The second-order valence-corrected chi connectivity index (χ2v) is 8.47. The summed E-state index contributed by atoms with van der Waals surface area (Å²) < 4.78 is 13.8. The number of aryl methyl sites for hydroxylation is 1. The molecule has 0 spiro atoms. The molecule has 0 radical (unpaired) electrons. The van der Waals surface area contributed by atoms with Crippen molar-refractivity contribution in [3.63, 3.8) is 0 Å². The summed E-state index contributed by atoms with van der Waals surface area (Å²) in [5.74, 6) is -0.0630. The van der Waals surface area contributed by atoms with Crippen LogP contribution in [0.4, 0.5) is 10.1 Å². The van der Waals surface area contributed by atoms with Gasteiger partial charge in [0.15, 0.2) is 0 Å². The van der Waals surface area contributed by atoms with E-state index >= 15 is 0 Å². The van der Waals surface area contributed by atoms with Gasteiger partial charge in [0.25, 0.3) is 0 Å². The third-order valence-corrected chi connectivity index (χ3v) is 6.80. The van der Waals surface area contributed by atoms with Crippen LogP contribution in [-0.4, -0.2) is 42.0 Å². The van der Waals surface area contributed by atoms with Gasteiger partial charge in [-0.25, -0.2) is 4.39 Å². The largest absolute Gasteiger partial charge is 0.368 e. The smallest absolute Gasteiger partial charge is 0.233 e. The Morgan fingerprint density at radius 3 is 2.55 bits per heavy atom. The maximum atomic E-state index is 13.8. The lowest BCUT2D eigenvalue weighted by Crippen LogP contribution is -2.51. The van der Waals surface area contributed by atoms with Gasteiger partial charge in [0, 0.05) is 49.0 Å². The summed E-state index contributed by atoms with van der Waals surface area (Å²) in [7, 11) is 0. The molecule has 1 aliphatic heterocycles. The quantitative estimate of drug-likeness (QED) is 0.723. The van der Waals surface area contributed by atoms with Gasteiger partial charge in [0.05, 0.1) is 5.41 Å². The number of hydrogen-bond donors (Lipinski definition) is 1. The molecule has 5 heteroatoms. The SMILES string of the molecule is Cc1cccc(N2CCN(C(=O)C3(c4c[nH]c5ccc(F)cc45)CC3)CC2)c1C. The van der Waals surface area contributed by atoms with Crippen molar-refractivity contribution in [3.8, 4) is 0 Å². The van der Waals surface area contributed by atoms with Gasteiger partial charge in [-0.1, -0.05) is 12.1 Å². The summed E-state index contributed by atoms with van der Waals surface area (Å²) in [5.41, 5.74) is 5.24. The van der Waals surface area contributed by atoms with E-state index in [-0.39, 0.29) is 11.7 Å². The lowest BCUT2D eigenvalue weighted by Gasteiger charge is -2.38. The zero-order valence-corrected chi connectivity index (χ0v) is 17.0. The van der Waals surface area contributed by atoms with Crippen LogP contribution in [0.1, 0.15) is 29.5 Å². The monoisotopic (exact) mass is 391 g/mol. The first-order valence-electron chi connectivity index (χ1n) is 10.4. The molecule has 1 aliphatic carbocycles. The van der Waals surface area contributed by atoms with Crippen LogP contribution in [0.25, 0.3) is 10.9 Å². The summed E-state index contributed by atoms with van der Waals surface area (Å²) >= 11 is 0. The van der Waals surface area contributed by atoms with Crippen LogP contribution in [0.15, 0.2) is 42.6 Å². The summed E-state index contributed by atoms with van der Waals surface area (Å²) in [6, 6.07) is 11.2. The lowest BCUT2D eigenvalue weighted by atomic mass is 9.93. The predicted molar refractivity (Wildman–Crippen MR) is 114 cm³/mol. The number of fused-ring (bicyclic) bond motifs is 1. The molecule has 0 unspecified atom stereocenters. The van der Waals surface area contributed by atoms with E-state index in [2.05, 4.69) is 41.9 Å². The number of benzene rings is 2. The Balaban J connectivity index is 1.35. The highest BCUT2D eigenvalue weighted by molar-refractivity contribution is 5.97. The normalized spacial score (nSPS) is 18.3. The number of rotatable bonds is 3. The number of piperazine rings is 1. The third kappa shape index (κ3) is 2.91. The maximum Gasteiger partial charge on any atom is 0.233 e. The van der Waals surface area contributed by atoms with Crippen LogP contribution in [0.2, 0.25) is 0 Å². The lowest BCUT2D eigenvalue weighted by molar-refractivity contribution is -0.134. The topological polar surface area (TPSA) is 39.3 Å². The first-order chi connectivity index (χ1) is 14.0. The molecule has 0 atom stereocenters. The van der Waals surface area contributed by atoms with E-state index in [0.717, 1.165) is 55.5 Å². The van der Waals surface area contributed by atoms with Gasteiger partial charge in [-0.05, 0) is 67.6 Å². The van der Waals surface area contributed by atoms with E-state index < -0.39 is 5.41 Å². The number of carbonyl (C=O) groups excluding carboxylic acids is 1. The van der Waals surface area contributed by atoms with Gasteiger partial charge in [-0.3, -0.25) is 4.79 Å². The number of aromatic nitrogens is 1. The Bertz CT molecular complexity index is 1090. The number of nitrogens with one attached hydrogen (secondary N) is 1. The minimum Gasteiger partial charge on any atom is -0.368 e. The molecule has 2 aliphatic rings. The average Bonchev–Trinajstić information content (AvgIpc) is 3.43.